The fraction of sp³-hybridized carbons (Fsp3) is 0.778. The lowest BCUT2D eigenvalue weighted by atomic mass is 10.2. The summed E-state index contributed by atoms with van der Waals surface area (Å²) in [5.74, 6) is -0.827. The topological polar surface area (TPSA) is 83.8 Å². The summed E-state index contributed by atoms with van der Waals surface area (Å²) in [5, 5.41) is 17.2. The van der Waals surface area contributed by atoms with Gasteiger partial charge in [0.05, 0.1) is 6.61 Å². The van der Waals surface area contributed by atoms with E-state index in [0.717, 1.165) is 0 Å². The Morgan fingerprint density at radius 1 is 1.43 bits per heavy atom. The van der Waals surface area contributed by atoms with Crippen LogP contribution in [0.1, 0.15) is 26.2 Å². The molecule has 5 nitrogen and oxygen atoms in total. The Balaban J connectivity index is 3.60. The number of carbonyl (C=O) groups is 2. The van der Waals surface area contributed by atoms with E-state index in [1.54, 1.807) is 0 Å². The summed E-state index contributed by atoms with van der Waals surface area (Å²) in [6.07, 6.45) is -0.269. The van der Waals surface area contributed by atoms with Gasteiger partial charge in [-0.1, -0.05) is 6.92 Å². The molecule has 1 unspecified atom stereocenters. The van der Waals surface area contributed by atoms with E-state index in [1.165, 1.54) is 0 Å². The van der Waals surface area contributed by atoms with Gasteiger partial charge in [0.1, 0.15) is 24.9 Å². The van der Waals surface area contributed by atoms with Gasteiger partial charge in [-0.15, -0.1) is 0 Å². The number of esters is 1. The minimum Gasteiger partial charge on any atom is -0.463 e. The van der Waals surface area contributed by atoms with E-state index >= 15 is 0 Å². The lowest BCUT2D eigenvalue weighted by Crippen LogP contribution is -2.22. The lowest BCUT2D eigenvalue weighted by molar-refractivity contribution is -0.149. The molecule has 0 bridgehead atoms. The molecule has 14 heavy (non-hydrogen) atoms. The van der Waals surface area contributed by atoms with Crippen molar-refractivity contribution in [3.05, 3.63) is 0 Å². The molecule has 0 aliphatic heterocycles. The summed E-state index contributed by atoms with van der Waals surface area (Å²) in [6.45, 7) is 1.11. The third kappa shape index (κ3) is 6.56. The smallest absolute Gasteiger partial charge is 0.313 e. The second kappa shape index (κ2) is 7.46. The Bertz CT molecular complexity index is 190. The van der Waals surface area contributed by atoms with Crippen molar-refractivity contribution in [2.24, 2.45) is 0 Å². The first-order valence-electron chi connectivity index (χ1n) is 4.56. The van der Waals surface area contributed by atoms with Crippen molar-refractivity contribution in [3.63, 3.8) is 0 Å². The van der Waals surface area contributed by atoms with Crippen molar-refractivity contribution >= 4 is 11.8 Å². The summed E-state index contributed by atoms with van der Waals surface area (Å²) < 4.78 is 4.54. The predicted octanol–water partition coefficient (Wildman–Crippen LogP) is -0.358. The van der Waals surface area contributed by atoms with Gasteiger partial charge >= 0.3 is 5.97 Å². The number of carbonyl (C=O) groups excluding carboxylic acids is 2. The van der Waals surface area contributed by atoms with Crippen LogP contribution in [0.2, 0.25) is 0 Å². The fourth-order valence-electron chi connectivity index (χ4n) is 0.821. The van der Waals surface area contributed by atoms with E-state index in [2.05, 4.69) is 4.74 Å². The zero-order valence-electron chi connectivity index (χ0n) is 8.23. The number of ketones is 1. The molecule has 5 heteroatoms. The molecule has 0 saturated carbocycles. The van der Waals surface area contributed by atoms with Crippen LogP contribution < -0.4 is 0 Å². The van der Waals surface area contributed by atoms with Crippen molar-refractivity contribution in [1.29, 1.82) is 0 Å². The Hall–Kier alpha value is -0.940. The number of hydrogen-bond acceptors (Lipinski definition) is 5. The molecule has 0 amide bonds. The fourth-order valence-corrected chi connectivity index (χ4v) is 0.821. The van der Waals surface area contributed by atoms with Crippen LogP contribution in [0.15, 0.2) is 0 Å². The molecule has 0 saturated heterocycles. The highest BCUT2D eigenvalue weighted by Crippen LogP contribution is 1.97. The largest absolute Gasteiger partial charge is 0.463 e. The maximum Gasteiger partial charge on any atom is 0.313 e. The van der Waals surface area contributed by atoms with Crippen LogP contribution in [-0.2, 0) is 14.3 Å². The monoisotopic (exact) mass is 204 g/mol. The molecule has 2 N–H and O–H groups in total. The minimum atomic E-state index is -1.07. The van der Waals surface area contributed by atoms with E-state index in [9.17, 15) is 9.59 Å². The van der Waals surface area contributed by atoms with Crippen LogP contribution in [0, 0.1) is 0 Å². The molecule has 1 atom stereocenters. The molecule has 0 aromatic rings. The first kappa shape index (κ1) is 13.1. The quantitative estimate of drug-likeness (QED) is 0.437. The Morgan fingerprint density at radius 2 is 2.07 bits per heavy atom. The van der Waals surface area contributed by atoms with Gasteiger partial charge in [-0.2, -0.15) is 0 Å². The van der Waals surface area contributed by atoms with Crippen LogP contribution in [0.3, 0.4) is 0 Å². The van der Waals surface area contributed by atoms with Crippen molar-refractivity contribution in [1.82, 2.24) is 0 Å². The molecule has 0 rings (SSSR count). The number of aliphatic hydroxyl groups excluding tert-OH is 2. The van der Waals surface area contributed by atoms with E-state index in [-0.39, 0.29) is 18.8 Å². The Morgan fingerprint density at radius 3 is 2.57 bits per heavy atom. The summed E-state index contributed by atoms with van der Waals surface area (Å²) >= 11 is 0. The number of rotatable bonds is 7. The molecular weight excluding hydrogens is 188 g/mol. The van der Waals surface area contributed by atoms with Gasteiger partial charge in [0.15, 0.2) is 0 Å². The second-order valence-electron chi connectivity index (χ2n) is 2.98. The second-order valence-corrected chi connectivity index (χ2v) is 2.98. The lowest BCUT2D eigenvalue weighted by Gasteiger charge is -2.07. The number of hydrogen-bond donors (Lipinski definition) is 2. The van der Waals surface area contributed by atoms with Crippen molar-refractivity contribution < 1.29 is 24.5 Å². The first-order valence-corrected chi connectivity index (χ1v) is 4.56. The molecule has 0 fully saturated rings. The highest BCUT2D eigenvalue weighted by atomic mass is 16.5. The van der Waals surface area contributed by atoms with Crippen LogP contribution in [-0.4, -0.2) is 41.3 Å². The average molecular weight is 204 g/mol. The average Bonchev–Trinajstić information content (AvgIpc) is 2.14. The summed E-state index contributed by atoms with van der Waals surface area (Å²) in [7, 11) is 0. The van der Waals surface area contributed by atoms with E-state index in [0.29, 0.717) is 12.8 Å². The van der Waals surface area contributed by atoms with Crippen LogP contribution in [0.4, 0.5) is 0 Å². The van der Waals surface area contributed by atoms with E-state index < -0.39 is 18.7 Å². The first-order chi connectivity index (χ1) is 6.60. The standard InChI is InChI=1S/C9H16O5/c1-2-3-7(11)4-9(13)14-6-8(12)5-10/h8,10,12H,2-6H2,1H3. The number of ether oxygens (including phenoxy) is 1. The third-order valence-electron chi connectivity index (χ3n) is 1.52. The van der Waals surface area contributed by atoms with Crippen molar-refractivity contribution in [3.8, 4) is 0 Å². The molecule has 82 valence electrons. The maximum atomic E-state index is 11.0. The van der Waals surface area contributed by atoms with Crippen molar-refractivity contribution in [2.45, 2.75) is 32.3 Å². The molecule has 0 spiro atoms. The number of Topliss-reactive ketones (excluding diaryl/α,β-unsaturated/α-hetero) is 1. The SMILES string of the molecule is CCCC(=O)CC(=O)OCC(O)CO. The van der Waals surface area contributed by atoms with Crippen LogP contribution in [0.5, 0.6) is 0 Å². The molecule has 0 aliphatic rings. The van der Waals surface area contributed by atoms with E-state index in [1.807, 2.05) is 6.92 Å². The van der Waals surface area contributed by atoms with Crippen LogP contribution >= 0.6 is 0 Å². The zero-order valence-corrected chi connectivity index (χ0v) is 8.23. The van der Waals surface area contributed by atoms with E-state index in [4.69, 9.17) is 10.2 Å². The van der Waals surface area contributed by atoms with Gasteiger partial charge in [-0.25, -0.2) is 0 Å². The molecule has 0 aliphatic carbocycles. The minimum absolute atomic E-state index is 0.170. The molecular formula is C9H16O5. The van der Waals surface area contributed by atoms with Gasteiger partial charge < -0.3 is 14.9 Å². The van der Waals surface area contributed by atoms with Gasteiger partial charge in [-0.3, -0.25) is 9.59 Å². The van der Waals surface area contributed by atoms with Gasteiger partial charge in [0.2, 0.25) is 0 Å². The van der Waals surface area contributed by atoms with Gasteiger partial charge in [-0.05, 0) is 6.42 Å². The number of aliphatic hydroxyl groups is 2. The molecule has 0 aromatic carbocycles. The highest BCUT2D eigenvalue weighted by molar-refractivity contribution is 5.95. The normalized spacial score (nSPS) is 12.2. The van der Waals surface area contributed by atoms with Gasteiger partial charge in [0, 0.05) is 6.42 Å². The summed E-state index contributed by atoms with van der Waals surface area (Å²) in [6, 6.07) is 0. The molecule has 0 radical (unpaired) electrons. The molecule has 0 aromatic heterocycles. The van der Waals surface area contributed by atoms with Crippen LogP contribution in [0.25, 0.3) is 0 Å². The Kier molecular flexibility index (Phi) is 6.96. The third-order valence-corrected chi connectivity index (χ3v) is 1.52. The Labute approximate surface area is 82.7 Å². The van der Waals surface area contributed by atoms with Gasteiger partial charge in [0.25, 0.3) is 0 Å². The molecule has 0 heterocycles. The summed E-state index contributed by atoms with van der Waals surface area (Å²) in [4.78, 5) is 21.9. The van der Waals surface area contributed by atoms with Crippen molar-refractivity contribution in [2.75, 3.05) is 13.2 Å². The zero-order chi connectivity index (χ0) is 11.0. The highest BCUT2D eigenvalue weighted by Gasteiger charge is 2.11. The predicted molar refractivity (Wildman–Crippen MR) is 48.6 cm³/mol. The maximum absolute atomic E-state index is 11.0. The summed E-state index contributed by atoms with van der Waals surface area (Å²) in [5.41, 5.74) is 0.